The van der Waals surface area contributed by atoms with Crippen molar-refractivity contribution >= 4 is 20.3 Å². The van der Waals surface area contributed by atoms with Crippen molar-refractivity contribution in [2.45, 2.75) is 46.2 Å². The maximum absolute atomic E-state index is 11.2. The number of allylic oxidation sites excluding steroid dienone is 2. The van der Waals surface area contributed by atoms with E-state index >= 15 is 0 Å². The average molecular weight is 300 g/mol. The van der Waals surface area contributed by atoms with E-state index in [0.29, 0.717) is 24.0 Å². The van der Waals surface area contributed by atoms with Crippen LogP contribution < -0.4 is 0 Å². The first kappa shape index (κ1) is 18.4. The van der Waals surface area contributed by atoms with Crippen molar-refractivity contribution in [2.24, 2.45) is 0 Å². The van der Waals surface area contributed by atoms with Crippen LogP contribution in [0.3, 0.4) is 0 Å². The number of Topliss-reactive ketones (excluding diaryl/α,β-unsaturated/α-hetero) is 1. The molecule has 0 rings (SSSR count). The second kappa shape index (κ2) is 8.58. The zero-order chi connectivity index (χ0) is 15.8. The Morgan fingerprint density at radius 1 is 1.05 bits per heavy atom. The largest absolute Gasteiger partial charge is 0.517 e. The van der Waals surface area contributed by atoms with Crippen LogP contribution in [0.4, 0.5) is 0 Å². The van der Waals surface area contributed by atoms with Crippen molar-refractivity contribution in [2.75, 3.05) is 6.61 Å². The van der Waals surface area contributed by atoms with Gasteiger partial charge in [-0.25, -0.2) is 0 Å². The fourth-order valence-corrected chi connectivity index (χ4v) is 4.20. The van der Waals surface area contributed by atoms with Crippen LogP contribution in [0, 0.1) is 0 Å². The molecule has 0 aromatic heterocycles. The Balaban J connectivity index is 4.20. The van der Waals surface area contributed by atoms with Crippen molar-refractivity contribution in [3.63, 3.8) is 0 Å². The number of hydrogen-bond acceptors (Lipinski definition) is 5. The molecular weight excluding hydrogens is 276 g/mol. The molecule has 20 heavy (non-hydrogen) atoms. The van der Waals surface area contributed by atoms with Gasteiger partial charge in [0.2, 0.25) is 0 Å². The van der Waals surface area contributed by atoms with Gasteiger partial charge in [-0.3, -0.25) is 9.59 Å². The maximum atomic E-state index is 11.2. The minimum absolute atomic E-state index is 0.181. The molecule has 0 saturated heterocycles. The van der Waals surface area contributed by atoms with Gasteiger partial charge in [-0.2, -0.15) is 0 Å². The van der Waals surface area contributed by atoms with Crippen molar-refractivity contribution in [1.82, 2.24) is 0 Å². The highest BCUT2D eigenvalue weighted by Crippen LogP contribution is 2.21. The Kier molecular flexibility index (Phi) is 7.91. The van der Waals surface area contributed by atoms with E-state index in [9.17, 15) is 9.59 Å². The molecule has 0 aliphatic carbocycles. The SMILES string of the molecule is C=C(C)O[Si](C)(CCCOC(=O)CC(C)=O)OC(=C)C. The van der Waals surface area contributed by atoms with Crippen LogP contribution in [0.25, 0.3) is 0 Å². The minimum atomic E-state index is -2.44. The summed E-state index contributed by atoms with van der Waals surface area (Å²) in [6.07, 6.45) is 0.423. The maximum Gasteiger partial charge on any atom is 0.456 e. The number of ether oxygens (including phenoxy) is 1. The van der Waals surface area contributed by atoms with Crippen molar-refractivity contribution in [1.29, 1.82) is 0 Å². The number of carbonyl (C=O) groups is 2. The number of carbonyl (C=O) groups excluding carboxylic acids is 2. The van der Waals surface area contributed by atoms with E-state index in [4.69, 9.17) is 13.6 Å². The fraction of sp³-hybridized carbons (Fsp3) is 0.571. The van der Waals surface area contributed by atoms with Crippen molar-refractivity contribution in [3.05, 3.63) is 24.7 Å². The quantitative estimate of drug-likeness (QED) is 0.204. The smallest absolute Gasteiger partial charge is 0.456 e. The molecule has 0 aliphatic heterocycles. The van der Waals surface area contributed by atoms with Gasteiger partial charge in [-0.05, 0) is 27.2 Å². The van der Waals surface area contributed by atoms with Gasteiger partial charge in [0.05, 0.1) is 18.1 Å². The van der Waals surface area contributed by atoms with Crippen LogP contribution in [-0.4, -0.2) is 26.9 Å². The summed E-state index contributed by atoms with van der Waals surface area (Å²) in [7, 11) is -2.44. The van der Waals surface area contributed by atoms with E-state index in [2.05, 4.69) is 13.2 Å². The lowest BCUT2D eigenvalue weighted by molar-refractivity contribution is -0.145. The zero-order valence-electron chi connectivity index (χ0n) is 12.8. The first-order valence-electron chi connectivity index (χ1n) is 6.49. The number of esters is 1. The predicted molar refractivity (Wildman–Crippen MR) is 79.1 cm³/mol. The summed E-state index contributed by atoms with van der Waals surface area (Å²) in [5.74, 6) is 0.482. The van der Waals surface area contributed by atoms with Crippen LogP contribution in [0.1, 0.15) is 33.6 Å². The first-order chi connectivity index (χ1) is 9.14. The lowest BCUT2D eigenvalue weighted by atomic mass is 10.3. The van der Waals surface area contributed by atoms with Crippen LogP contribution in [0.5, 0.6) is 0 Å². The van der Waals surface area contributed by atoms with Crippen molar-refractivity contribution < 1.29 is 23.2 Å². The van der Waals surface area contributed by atoms with Crippen LogP contribution in [-0.2, 0) is 23.2 Å². The van der Waals surface area contributed by atoms with Crippen LogP contribution >= 0.6 is 0 Å². The monoisotopic (exact) mass is 300 g/mol. The molecular formula is C14H24O5Si. The Bertz CT molecular complexity index is 373. The van der Waals surface area contributed by atoms with Gasteiger partial charge >= 0.3 is 14.5 Å². The van der Waals surface area contributed by atoms with Gasteiger partial charge in [0.1, 0.15) is 12.2 Å². The third kappa shape index (κ3) is 9.38. The Hall–Kier alpha value is -1.56. The highest BCUT2D eigenvalue weighted by molar-refractivity contribution is 6.66. The van der Waals surface area contributed by atoms with E-state index in [0.717, 1.165) is 0 Å². The van der Waals surface area contributed by atoms with Gasteiger partial charge in [-0.15, -0.1) is 0 Å². The molecule has 0 amide bonds. The first-order valence-corrected chi connectivity index (χ1v) is 9.01. The van der Waals surface area contributed by atoms with E-state index < -0.39 is 14.5 Å². The molecule has 0 heterocycles. The second-order valence-electron chi connectivity index (χ2n) is 4.94. The summed E-state index contributed by atoms with van der Waals surface area (Å²) in [6.45, 7) is 14.5. The molecule has 0 radical (unpaired) electrons. The van der Waals surface area contributed by atoms with Crippen LogP contribution in [0.15, 0.2) is 24.7 Å². The molecule has 0 aromatic carbocycles. The molecule has 0 atom stereocenters. The van der Waals surface area contributed by atoms with Gasteiger partial charge in [0.15, 0.2) is 0 Å². The average Bonchev–Trinajstić information content (AvgIpc) is 2.20. The lowest BCUT2D eigenvalue weighted by Gasteiger charge is -2.28. The van der Waals surface area contributed by atoms with Gasteiger partial charge in [-0.1, -0.05) is 13.2 Å². The molecule has 6 heteroatoms. The molecule has 0 aromatic rings. The van der Waals surface area contributed by atoms with E-state index in [-0.39, 0.29) is 18.8 Å². The second-order valence-corrected chi connectivity index (χ2v) is 8.12. The van der Waals surface area contributed by atoms with Gasteiger partial charge < -0.3 is 13.6 Å². The highest BCUT2D eigenvalue weighted by Gasteiger charge is 2.35. The summed E-state index contributed by atoms with van der Waals surface area (Å²) < 4.78 is 16.3. The van der Waals surface area contributed by atoms with E-state index in [1.165, 1.54) is 6.92 Å². The number of ketones is 1. The molecule has 0 N–H and O–H groups in total. The standard InChI is InChI=1S/C14H24O5Si/c1-11(2)18-20(6,19-12(3)4)9-7-8-17-14(16)10-13(5)15/h1,3,7-10H2,2,4-6H3. The fourth-order valence-electron chi connectivity index (χ4n) is 1.69. The van der Waals surface area contributed by atoms with Gasteiger partial charge in [0, 0.05) is 12.6 Å². The summed E-state index contributed by atoms with van der Waals surface area (Å²) in [5.41, 5.74) is 0. The van der Waals surface area contributed by atoms with E-state index in [1.54, 1.807) is 13.8 Å². The van der Waals surface area contributed by atoms with Gasteiger partial charge in [0.25, 0.3) is 0 Å². The normalized spacial score (nSPS) is 10.6. The van der Waals surface area contributed by atoms with Crippen LogP contribution in [0.2, 0.25) is 12.6 Å². The molecule has 0 saturated carbocycles. The third-order valence-electron chi connectivity index (χ3n) is 2.21. The zero-order valence-corrected chi connectivity index (χ0v) is 13.8. The molecule has 0 bridgehead atoms. The Morgan fingerprint density at radius 3 is 1.95 bits per heavy atom. The highest BCUT2D eigenvalue weighted by atomic mass is 28.4. The van der Waals surface area contributed by atoms with Crippen molar-refractivity contribution in [3.8, 4) is 0 Å². The predicted octanol–water partition coefficient (Wildman–Crippen LogP) is 3.07. The molecule has 0 unspecified atom stereocenters. The van der Waals surface area contributed by atoms with E-state index in [1.807, 2.05) is 6.55 Å². The molecule has 0 spiro atoms. The minimum Gasteiger partial charge on any atom is -0.517 e. The molecule has 114 valence electrons. The summed E-state index contributed by atoms with van der Waals surface area (Å²) in [6, 6.07) is 0.639. The lowest BCUT2D eigenvalue weighted by Crippen LogP contribution is -2.37. The Morgan fingerprint density at radius 2 is 1.55 bits per heavy atom. The summed E-state index contributed by atoms with van der Waals surface area (Å²) >= 11 is 0. The molecule has 0 fully saturated rings. The molecule has 5 nitrogen and oxygen atoms in total. The summed E-state index contributed by atoms with van der Waals surface area (Å²) in [5, 5.41) is 0. The summed E-state index contributed by atoms with van der Waals surface area (Å²) in [4.78, 5) is 21.9. The number of hydrogen-bond donors (Lipinski definition) is 0. The Labute approximate surface area is 121 Å². The number of rotatable bonds is 10. The topological polar surface area (TPSA) is 61.8 Å². The third-order valence-corrected chi connectivity index (χ3v) is 5.03. The molecule has 0 aliphatic rings.